The van der Waals surface area contributed by atoms with Gasteiger partial charge in [0.25, 0.3) is 5.91 Å². The van der Waals surface area contributed by atoms with Gasteiger partial charge in [0, 0.05) is 42.1 Å². The summed E-state index contributed by atoms with van der Waals surface area (Å²) in [5.74, 6) is -1.36. The maximum absolute atomic E-state index is 14.6. The van der Waals surface area contributed by atoms with Crippen molar-refractivity contribution in [2.24, 2.45) is 16.5 Å². The van der Waals surface area contributed by atoms with Gasteiger partial charge in [-0.2, -0.15) is 13.2 Å². The van der Waals surface area contributed by atoms with Gasteiger partial charge < -0.3 is 11.5 Å². The Morgan fingerprint density at radius 3 is 2.61 bits per heavy atom. The predicted molar refractivity (Wildman–Crippen MR) is 118 cm³/mol. The van der Waals surface area contributed by atoms with Crippen molar-refractivity contribution in [3.63, 3.8) is 0 Å². The van der Waals surface area contributed by atoms with E-state index in [1.807, 2.05) is 0 Å². The highest BCUT2D eigenvalue weighted by Crippen LogP contribution is 2.33. The molecule has 1 amide bonds. The summed E-state index contributed by atoms with van der Waals surface area (Å²) in [6, 6.07) is 5.62. The van der Waals surface area contributed by atoms with Crippen molar-refractivity contribution in [3.8, 4) is 11.1 Å². The number of aromatic nitrogens is 1. The number of benzene rings is 1. The number of aliphatic imine (C=N–C) groups is 1. The van der Waals surface area contributed by atoms with Crippen LogP contribution in [-0.2, 0) is 13.0 Å². The van der Waals surface area contributed by atoms with Crippen molar-refractivity contribution in [3.05, 3.63) is 76.6 Å². The lowest BCUT2D eigenvalue weighted by Crippen LogP contribution is -2.35. The zero-order valence-corrected chi connectivity index (χ0v) is 18.0. The van der Waals surface area contributed by atoms with Crippen molar-refractivity contribution in [2.45, 2.75) is 19.1 Å². The minimum Gasteiger partial charge on any atom is -0.401 e. The number of primary amides is 1. The Bertz CT molecular complexity index is 1160. The van der Waals surface area contributed by atoms with Crippen molar-refractivity contribution in [2.75, 3.05) is 13.1 Å². The molecule has 1 aromatic heterocycles. The van der Waals surface area contributed by atoms with E-state index < -0.39 is 23.6 Å². The first-order valence-electron chi connectivity index (χ1n) is 9.72. The van der Waals surface area contributed by atoms with E-state index in [9.17, 15) is 22.4 Å². The van der Waals surface area contributed by atoms with E-state index in [1.165, 1.54) is 18.2 Å². The molecule has 33 heavy (non-hydrogen) atoms. The van der Waals surface area contributed by atoms with Gasteiger partial charge in [-0.15, -0.1) is 0 Å². The number of rotatable bonds is 6. The fraction of sp³-hybridized carbons (Fsp3) is 0.227. The van der Waals surface area contributed by atoms with E-state index >= 15 is 0 Å². The van der Waals surface area contributed by atoms with Crippen LogP contribution >= 0.6 is 11.6 Å². The standard InChI is InChI=1S/C22H20ClF4N5O/c1-2-30-20(22(25,26)27)8-13(28)10-32-6-5-15-16(14-4-3-12(23)7-17(14)24)9-18(21(29)33)31-19(15)11-32/h2-4,7-9H,1,5-6,10-11,28H2,(H2,29,33)/b13-8-,30-20?. The van der Waals surface area contributed by atoms with E-state index in [2.05, 4.69) is 16.6 Å². The predicted octanol–water partition coefficient (Wildman–Crippen LogP) is 3.99. The van der Waals surface area contributed by atoms with Crippen molar-refractivity contribution >= 4 is 23.2 Å². The van der Waals surface area contributed by atoms with E-state index in [0.717, 1.165) is 18.3 Å². The van der Waals surface area contributed by atoms with Crippen LogP contribution in [0, 0.1) is 5.82 Å². The van der Waals surface area contributed by atoms with Crippen molar-refractivity contribution < 1.29 is 22.4 Å². The molecule has 1 aliphatic heterocycles. The first-order chi connectivity index (χ1) is 15.5. The molecule has 0 bridgehead atoms. The molecule has 2 heterocycles. The van der Waals surface area contributed by atoms with Gasteiger partial charge in [-0.25, -0.2) is 9.37 Å². The molecule has 1 aliphatic rings. The van der Waals surface area contributed by atoms with Gasteiger partial charge in [-0.3, -0.25) is 14.7 Å². The monoisotopic (exact) mass is 481 g/mol. The molecule has 1 aromatic carbocycles. The van der Waals surface area contributed by atoms with E-state index in [-0.39, 0.29) is 35.1 Å². The second kappa shape index (κ2) is 9.72. The van der Waals surface area contributed by atoms with Crippen molar-refractivity contribution in [1.82, 2.24) is 9.88 Å². The summed E-state index contributed by atoms with van der Waals surface area (Å²) in [4.78, 5) is 21.1. The lowest BCUT2D eigenvalue weighted by molar-refractivity contribution is -0.0577. The molecule has 0 saturated carbocycles. The molecule has 6 nitrogen and oxygen atoms in total. The number of carbonyl (C=O) groups excluding carboxylic acids is 1. The first-order valence-corrected chi connectivity index (χ1v) is 10.1. The van der Waals surface area contributed by atoms with Gasteiger partial charge in [0.1, 0.15) is 17.2 Å². The molecule has 11 heteroatoms. The third-order valence-electron chi connectivity index (χ3n) is 4.98. The van der Waals surface area contributed by atoms with Crippen LogP contribution in [0.25, 0.3) is 11.1 Å². The number of allylic oxidation sites excluding steroid dienone is 1. The summed E-state index contributed by atoms with van der Waals surface area (Å²) in [5, 5.41) is 0.223. The Morgan fingerprint density at radius 2 is 2.00 bits per heavy atom. The summed E-state index contributed by atoms with van der Waals surface area (Å²) in [5.41, 5.74) is 11.8. The Kier molecular flexibility index (Phi) is 7.19. The fourth-order valence-electron chi connectivity index (χ4n) is 3.57. The van der Waals surface area contributed by atoms with Crippen LogP contribution in [0.4, 0.5) is 17.6 Å². The Hall–Kier alpha value is -3.24. The molecular formula is C22H20ClF4N5O. The molecule has 0 unspecified atom stereocenters. The fourth-order valence-corrected chi connectivity index (χ4v) is 3.73. The van der Waals surface area contributed by atoms with Gasteiger partial charge in [0.05, 0.1) is 5.69 Å². The third kappa shape index (κ3) is 5.77. The lowest BCUT2D eigenvalue weighted by Gasteiger charge is -2.30. The number of carbonyl (C=O) groups is 1. The smallest absolute Gasteiger partial charge is 0.401 e. The average Bonchev–Trinajstić information content (AvgIpc) is 2.72. The molecule has 174 valence electrons. The van der Waals surface area contributed by atoms with Crippen LogP contribution in [-0.4, -0.2) is 40.8 Å². The number of alkyl halides is 3. The van der Waals surface area contributed by atoms with E-state index in [0.29, 0.717) is 29.8 Å². The number of fused-ring (bicyclic) bond motifs is 1. The van der Waals surface area contributed by atoms with Gasteiger partial charge >= 0.3 is 6.18 Å². The van der Waals surface area contributed by atoms with Gasteiger partial charge in [-0.1, -0.05) is 18.2 Å². The van der Waals surface area contributed by atoms with Crippen LogP contribution in [0.2, 0.25) is 5.02 Å². The van der Waals surface area contributed by atoms with Crippen LogP contribution in [0.1, 0.15) is 21.7 Å². The number of hydrogen-bond donors (Lipinski definition) is 2. The molecule has 0 spiro atoms. The molecule has 0 atom stereocenters. The largest absolute Gasteiger partial charge is 0.433 e. The van der Waals surface area contributed by atoms with Gasteiger partial charge in [0.2, 0.25) is 0 Å². The minimum atomic E-state index is -4.68. The number of nitrogens with two attached hydrogens (primary N) is 2. The molecule has 0 saturated heterocycles. The van der Waals surface area contributed by atoms with Crippen LogP contribution < -0.4 is 11.5 Å². The second-order valence-corrected chi connectivity index (χ2v) is 7.78. The van der Waals surface area contributed by atoms with Gasteiger partial charge in [-0.05, 0) is 47.9 Å². The Labute approximate surface area is 192 Å². The first kappa shape index (κ1) is 24.4. The van der Waals surface area contributed by atoms with E-state index in [1.54, 1.807) is 4.90 Å². The van der Waals surface area contributed by atoms with Crippen molar-refractivity contribution in [1.29, 1.82) is 0 Å². The zero-order valence-electron chi connectivity index (χ0n) is 17.3. The summed E-state index contributed by atoms with van der Waals surface area (Å²) in [6.45, 7) is 3.77. The Morgan fingerprint density at radius 1 is 1.27 bits per heavy atom. The Balaban J connectivity index is 1.94. The molecule has 3 rings (SSSR count). The average molecular weight is 482 g/mol. The third-order valence-corrected chi connectivity index (χ3v) is 5.22. The maximum atomic E-state index is 14.6. The number of halogens is 5. The highest BCUT2D eigenvalue weighted by Gasteiger charge is 2.34. The van der Waals surface area contributed by atoms with Crippen LogP contribution in [0.15, 0.2) is 53.8 Å². The normalized spacial score (nSPS) is 15.3. The lowest BCUT2D eigenvalue weighted by atomic mass is 9.92. The second-order valence-electron chi connectivity index (χ2n) is 7.34. The van der Waals surface area contributed by atoms with Gasteiger partial charge in [0.15, 0.2) is 0 Å². The highest BCUT2D eigenvalue weighted by atomic mass is 35.5. The maximum Gasteiger partial charge on any atom is 0.433 e. The number of hydrogen-bond acceptors (Lipinski definition) is 5. The highest BCUT2D eigenvalue weighted by molar-refractivity contribution is 6.30. The SMILES string of the molecule is C=CN=C(/C=C(\N)CN1CCc2c(-c3ccc(Cl)cc3F)cc(C(N)=O)nc2C1)C(F)(F)F. The summed E-state index contributed by atoms with van der Waals surface area (Å²) in [6.07, 6.45) is -2.74. The summed E-state index contributed by atoms with van der Waals surface area (Å²) < 4.78 is 53.7. The summed E-state index contributed by atoms with van der Waals surface area (Å²) in [7, 11) is 0. The molecule has 4 N–H and O–H groups in total. The van der Waals surface area contributed by atoms with Crippen LogP contribution in [0.5, 0.6) is 0 Å². The topological polar surface area (TPSA) is 97.6 Å². The summed E-state index contributed by atoms with van der Waals surface area (Å²) >= 11 is 5.85. The zero-order chi connectivity index (χ0) is 24.3. The quantitative estimate of drug-likeness (QED) is 0.481. The minimum absolute atomic E-state index is 0.00119. The molecule has 2 aromatic rings. The molecule has 0 aliphatic carbocycles. The number of nitrogens with zero attached hydrogens (tertiary/aromatic N) is 3. The van der Waals surface area contributed by atoms with E-state index in [4.69, 9.17) is 23.1 Å². The molecule has 0 fully saturated rings. The molecule has 0 radical (unpaired) electrons. The molecular weight excluding hydrogens is 462 g/mol. The number of pyridine rings is 1. The number of amides is 1. The van der Waals surface area contributed by atoms with Crippen LogP contribution in [0.3, 0.4) is 0 Å².